The second-order valence-electron chi connectivity index (χ2n) is 10.2. The first-order valence-corrected chi connectivity index (χ1v) is 14.5. The van der Waals surface area contributed by atoms with E-state index in [2.05, 4.69) is 108 Å². The summed E-state index contributed by atoms with van der Waals surface area (Å²) >= 11 is 1.87. The molecule has 5 heteroatoms. The van der Waals surface area contributed by atoms with Gasteiger partial charge >= 0.3 is 0 Å². The molecule has 0 saturated heterocycles. The van der Waals surface area contributed by atoms with Crippen molar-refractivity contribution < 1.29 is 0 Å². The van der Waals surface area contributed by atoms with Crippen LogP contribution < -0.4 is 5.32 Å². The van der Waals surface area contributed by atoms with Gasteiger partial charge in [0.15, 0.2) is 17.5 Å². The van der Waals surface area contributed by atoms with Crippen LogP contribution in [0, 0.1) is 0 Å². The first kappa shape index (κ1) is 23.9. The number of nitrogens with one attached hydrogen (secondary N) is 1. The van der Waals surface area contributed by atoms with Crippen LogP contribution in [0.4, 0.5) is 5.69 Å². The van der Waals surface area contributed by atoms with E-state index >= 15 is 0 Å². The number of fused-ring (bicyclic) bond motifs is 4. The SMILES string of the molecule is c1ccc(-c2nc(-c3ccc4ccccc4c3)nc(-c3ccc4c5c(ccc4c3)NC(c3ccccc3)S5)n2)cc1. The topological polar surface area (TPSA) is 50.7 Å². The van der Waals surface area contributed by atoms with Crippen LogP contribution in [0.3, 0.4) is 0 Å². The molecule has 0 amide bonds. The van der Waals surface area contributed by atoms with Crippen LogP contribution in [-0.4, -0.2) is 15.0 Å². The van der Waals surface area contributed by atoms with Crippen molar-refractivity contribution in [3.8, 4) is 34.2 Å². The molecule has 4 nitrogen and oxygen atoms in total. The Hall–Kier alpha value is -5.00. The Morgan fingerprint density at radius 3 is 1.83 bits per heavy atom. The van der Waals surface area contributed by atoms with Gasteiger partial charge < -0.3 is 5.32 Å². The zero-order chi connectivity index (χ0) is 27.2. The lowest BCUT2D eigenvalue weighted by molar-refractivity contribution is 1.07. The van der Waals surface area contributed by atoms with E-state index in [4.69, 9.17) is 15.0 Å². The molecular formula is C36H24N4S. The zero-order valence-corrected chi connectivity index (χ0v) is 22.8. The number of benzene rings is 6. The fourth-order valence-corrected chi connectivity index (χ4v) is 6.71. The second-order valence-corrected chi connectivity index (χ2v) is 11.3. The highest BCUT2D eigenvalue weighted by Crippen LogP contribution is 2.49. The molecule has 8 rings (SSSR count). The van der Waals surface area contributed by atoms with Crippen molar-refractivity contribution in [1.82, 2.24) is 15.0 Å². The summed E-state index contributed by atoms with van der Waals surface area (Å²) in [5.41, 5.74) is 5.35. The number of rotatable bonds is 4. The first-order valence-electron chi connectivity index (χ1n) is 13.6. The lowest BCUT2D eigenvalue weighted by atomic mass is 10.0. The molecule has 1 N–H and O–H groups in total. The van der Waals surface area contributed by atoms with Crippen LogP contribution in [0.15, 0.2) is 138 Å². The average Bonchev–Trinajstić information content (AvgIpc) is 3.50. The van der Waals surface area contributed by atoms with Crippen molar-refractivity contribution in [3.05, 3.63) is 139 Å². The summed E-state index contributed by atoms with van der Waals surface area (Å²) < 4.78 is 0. The number of anilines is 1. The van der Waals surface area contributed by atoms with Gasteiger partial charge in [0.25, 0.3) is 0 Å². The Kier molecular flexibility index (Phi) is 5.75. The third kappa shape index (κ3) is 4.41. The summed E-state index contributed by atoms with van der Waals surface area (Å²) in [5, 5.41) is 8.64. The molecule has 0 radical (unpaired) electrons. The predicted molar refractivity (Wildman–Crippen MR) is 170 cm³/mol. The summed E-state index contributed by atoms with van der Waals surface area (Å²) in [6.45, 7) is 0. The number of nitrogens with zero attached hydrogens (tertiary/aromatic N) is 3. The van der Waals surface area contributed by atoms with Crippen molar-refractivity contribution in [2.24, 2.45) is 0 Å². The number of thioether (sulfide) groups is 1. The first-order chi connectivity index (χ1) is 20.3. The van der Waals surface area contributed by atoms with Crippen LogP contribution in [0.1, 0.15) is 10.9 Å². The third-order valence-electron chi connectivity index (χ3n) is 7.53. The molecule has 6 aromatic carbocycles. The largest absolute Gasteiger partial charge is 0.368 e. The van der Waals surface area contributed by atoms with Gasteiger partial charge in [-0.25, -0.2) is 15.0 Å². The Balaban J connectivity index is 1.23. The van der Waals surface area contributed by atoms with E-state index in [1.54, 1.807) is 0 Å². The molecule has 0 saturated carbocycles. The summed E-state index contributed by atoms with van der Waals surface area (Å²) in [4.78, 5) is 16.1. The van der Waals surface area contributed by atoms with Crippen molar-refractivity contribution >= 4 is 39.0 Å². The van der Waals surface area contributed by atoms with Crippen LogP contribution in [-0.2, 0) is 0 Å². The molecular weight excluding hydrogens is 520 g/mol. The van der Waals surface area contributed by atoms with Crippen LogP contribution in [0.5, 0.6) is 0 Å². The smallest absolute Gasteiger partial charge is 0.164 e. The molecule has 0 spiro atoms. The third-order valence-corrected chi connectivity index (χ3v) is 8.83. The van der Waals surface area contributed by atoms with E-state index in [1.165, 1.54) is 26.9 Å². The predicted octanol–water partition coefficient (Wildman–Crippen LogP) is 9.40. The summed E-state index contributed by atoms with van der Waals surface area (Å²) in [7, 11) is 0. The van der Waals surface area contributed by atoms with E-state index in [9.17, 15) is 0 Å². The zero-order valence-electron chi connectivity index (χ0n) is 22.0. The molecule has 41 heavy (non-hydrogen) atoms. The molecule has 1 aromatic heterocycles. The van der Waals surface area contributed by atoms with Crippen LogP contribution in [0.2, 0.25) is 0 Å². The quantitative estimate of drug-likeness (QED) is 0.239. The Labute approximate surface area is 242 Å². The standard InChI is InChI=1S/C36H24N4S/c1-3-10-24(11-4-1)33-38-34(28-16-15-23-9-7-8-14-26(23)21-28)40-35(39-33)29-17-19-30-27(22-29)18-20-31-32(30)41-36(37-31)25-12-5-2-6-13-25/h1-22,36-37H. The van der Waals surface area contributed by atoms with Gasteiger partial charge in [-0.1, -0.05) is 127 Å². The molecule has 194 valence electrons. The van der Waals surface area contributed by atoms with E-state index in [-0.39, 0.29) is 5.37 Å². The molecule has 0 bridgehead atoms. The van der Waals surface area contributed by atoms with Crippen molar-refractivity contribution in [1.29, 1.82) is 0 Å². The molecule has 1 atom stereocenters. The van der Waals surface area contributed by atoms with Gasteiger partial charge in [-0.3, -0.25) is 0 Å². The molecule has 2 heterocycles. The van der Waals surface area contributed by atoms with Crippen molar-refractivity contribution in [2.75, 3.05) is 5.32 Å². The van der Waals surface area contributed by atoms with E-state index < -0.39 is 0 Å². The van der Waals surface area contributed by atoms with Gasteiger partial charge in [0.1, 0.15) is 5.37 Å². The average molecular weight is 545 g/mol. The lowest BCUT2D eigenvalue weighted by Gasteiger charge is -2.10. The molecule has 1 aliphatic rings. The highest BCUT2D eigenvalue weighted by molar-refractivity contribution is 8.00. The molecule has 1 aliphatic heterocycles. The second kappa shape index (κ2) is 9.88. The maximum atomic E-state index is 5.00. The number of hydrogen-bond acceptors (Lipinski definition) is 5. The minimum Gasteiger partial charge on any atom is -0.368 e. The van der Waals surface area contributed by atoms with Crippen molar-refractivity contribution in [2.45, 2.75) is 10.3 Å². The van der Waals surface area contributed by atoms with Gasteiger partial charge in [-0.2, -0.15) is 0 Å². The lowest BCUT2D eigenvalue weighted by Crippen LogP contribution is -2.00. The number of hydrogen-bond donors (Lipinski definition) is 1. The van der Waals surface area contributed by atoms with Gasteiger partial charge in [0.2, 0.25) is 0 Å². The number of aromatic nitrogens is 3. The van der Waals surface area contributed by atoms with Gasteiger partial charge in [0.05, 0.1) is 0 Å². The van der Waals surface area contributed by atoms with Gasteiger partial charge in [-0.15, -0.1) is 0 Å². The monoisotopic (exact) mass is 544 g/mol. The Morgan fingerprint density at radius 1 is 0.488 bits per heavy atom. The normalized spacial score (nSPS) is 14.2. The fourth-order valence-electron chi connectivity index (χ4n) is 5.43. The molecule has 0 aliphatic carbocycles. The summed E-state index contributed by atoms with van der Waals surface area (Å²) in [6.07, 6.45) is 0. The Bertz CT molecular complexity index is 2060. The summed E-state index contributed by atoms with van der Waals surface area (Å²) in [6, 6.07) is 46.3. The minimum absolute atomic E-state index is 0.206. The van der Waals surface area contributed by atoms with Gasteiger partial charge in [-0.05, 0) is 45.3 Å². The van der Waals surface area contributed by atoms with E-state index in [0.717, 1.165) is 27.5 Å². The fraction of sp³-hybridized carbons (Fsp3) is 0.0278. The van der Waals surface area contributed by atoms with Crippen LogP contribution in [0.25, 0.3) is 55.7 Å². The van der Waals surface area contributed by atoms with Gasteiger partial charge in [0, 0.05) is 27.3 Å². The maximum Gasteiger partial charge on any atom is 0.164 e. The van der Waals surface area contributed by atoms with Crippen LogP contribution >= 0.6 is 11.8 Å². The van der Waals surface area contributed by atoms with E-state index in [0.29, 0.717) is 17.5 Å². The van der Waals surface area contributed by atoms with E-state index in [1.807, 2.05) is 42.1 Å². The maximum absolute atomic E-state index is 5.00. The minimum atomic E-state index is 0.206. The highest BCUT2D eigenvalue weighted by Gasteiger charge is 2.25. The summed E-state index contributed by atoms with van der Waals surface area (Å²) in [5.74, 6) is 2.00. The molecule has 7 aromatic rings. The molecule has 1 unspecified atom stereocenters. The molecule has 0 fully saturated rings. The van der Waals surface area contributed by atoms with Crippen molar-refractivity contribution in [3.63, 3.8) is 0 Å². The highest BCUT2D eigenvalue weighted by atomic mass is 32.2. The Morgan fingerprint density at radius 2 is 1.07 bits per heavy atom.